The lowest BCUT2D eigenvalue weighted by Gasteiger charge is -2.11. The van der Waals surface area contributed by atoms with Crippen LogP contribution in [-0.4, -0.2) is 0 Å². The molecule has 2 aliphatic carbocycles. The minimum atomic E-state index is 0.743. The molecule has 0 heteroatoms. The second-order valence-electron chi connectivity index (χ2n) is 4.61. The smallest absolute Gasteiger partial charge is 0.0292 e. The van der Waals surface area contributed by atoms with E-state index in [4.69, 9.17) is 0 Å². The Morgan fingerprint density at radius 1 is 1.00 bits per heavy atom. The molecule has 11 heavy (non-hydrogen) atoms. The van der Waals surface area contributed by atoms with Crippen LogP contribution in [0.25, 0.3) is 0 Å². The Kier molecular flexibility index (Phi) is 2.32. The first-order chi connectivity index (χ1) is 5.12. The first kappa shape index (κ1) is 9.09. The Hall–Kier alpha value is 0. The third-order valence-electron chi connectivity index (χ3n) is 3.60. The average molecular weight is 154 g/mol. The molecular formula is C11H22. The topological polar surface area (TPSA) is 0 Å². The molecule has 2 aliphatic rings. The number of rotatable bonds is 0. The predicted molar refractivity (Wildman–Crippen MR) is 50.5 cm³/mol. The van der Waals surface area contributed by atoms with Crippen LogP contribution in [0.5, 0.6) is 0 Å². The summed E-state index contributed by atoms with van der Waals surface area (Å²) in [6.45, 7) is 11.2. The summed E-state index contributed by atoms with van der Waals surface area (Å²) in [6, 6.07) is 0. The molecule has 0 aliphatic heterocycles. The molecule has 0 N–H and O–H groups in total. The van der Waals surface area contributed by atoms with Gasteiger partial charge in [-0.2, -0.15) is 0 Å². The summed E-state index contributed by atoms with van der Waals surface area (Å²) in [7, 11) is 0. The second-order valence-corrected chi connectivity index (χ2v) is 4.61. The third-order valence-corrected chi connectivity index (χ3v) is 3.60. The molecule has 0 aromatic rings. The quantitative estimate of drug-likeness (QED) is 0.499. The predicted octanol–water partition coefficient (Wildman–Crippen LogP) is 3.71. The van der Waals surface area contributed by atoms with E-state index in [1.807, 2.05) is 13.8 Å². The Morgan fingerprint density at radius 3 is 1.64 bits per heavy atom. The van der Waals surface area contributed by atoms with Crippen LogP contribution in [0, 0.1) is 23.2 Å². The van der Waals surface area contributed by atoms with Crippen molar-refractivity contribution < 1.29 is 0 Å². The Bertz CT molecular complexity index is 121. The highest BCUT2D eigenvalue weighted by atomic mass is 14.7. The van der Waals surface area contributed by atoms with E-state index in [1.165, 1.54) is 12.8 Å². The molecule has 0 nitrogen and oxygen atoms in total. The van der Waals surface area contributed by atoms with Crippen molar-refractivity contribution in [1.82, 2.24) is 0 Å². The van der Waals surface area contributed by atoms with E-state index in [0.717, 1.165) is 23.2 Å². The van der Waals surface area contributed by atoms with Crippen molar-refractivity contribution in [2.24, 2.45) is 23.2 Å². The maximum absolute atomic E-state index is 2.42. The fourth-order valence-corrected chi connectivity index (χ4v) is 2.76. The Labute approximate surface area is 71.4 Å². The van der Waals surface area contributed by atoms with Crippen molar-refractivity contribution in [3.63, 3.8) is 0 Å². The molecule has 0 aromatic heterocycles. The van der Waals surface area contributed by atoms with Gasteiger partial charge in [-0.3, -0.25) is 0 Å². The van der Waals surface area contributed by atoms with Crippen LogP contribution < -0.4 is 0 Å². The molecule has 2 rings (SSSR count). The zero-order chi connectivity index (χ0) is 8.65. The first-order valence-corrected chi connectivity index (χ1v) is 5.12. The number of fused-ring (bicyclic) bond motifs is 1. The summed E-state index contributed by atoms with van der Waals surface area (Å²) in [5.41, 5.74) is 0.743. The van der Waals surface area contributed by atoms with E-state index < -0.39 is 0 Å². The molecule has 2 saturated carbocycles. The van der Waals surface area contributed by atoms with Gasteiger partial charge in [0.15, 0.2) is 0 Å². The van der Waals surface area contributed by atoms with E-state index in [2.05, 4.69) is 20.8 Å². The van der Waals surface area contributed by atoms with Crippen LogP contribution in [0.4, 0.5) is 0 Å². The molecule has 2 atom stereocenters. The zero-order valence-electron chi connectivity index (χ0n) is 8.65. The molecule has 0 radical (unpaired) electrons. The summed E-state index contributed by atoms with van der Waals surface area (Å²) < 4.78 is 0. The molecule has 66 valence electrons. The van der Waals surface area contributed by atoms with Crippen molar-refractivity contribution in [3.8, 4) is 0 Å². The van der Waals surface area contributed by atoms with Crippen LogP contribution in [-0.2, 0) is 0 Å². The third kappa shape index (κ3) is 1.32. The SMILES string of the molecule is CC.CC1CC2C(C1)C2(C)C. The lowest BCUT2D eigenvalue weighted by Crippen LogP contribution is -2.01. The Balaban J connectivity index is 0.000000281. The van der Waals surface area contributed by atoms with Gasteiger partial charge in [-0.05, 0) is 36.0 Å². The van der Waals surface area contributed by atoms with Crippen LogP contribution in [0.3, 0.4) is 0 Å². The van der Waals surface area contributed by atoms with Crippen LogP contribution in [0.15, 0.2) is 0 Å². The number of hydrogen-bond acceptors (Lipinski definition) is 0. The van der Waals surface area contributed by atoms with Gasteiger partial charge in [-0.1, -0.05) is 34.6 Å². The molecular weight excluding hydrogens is 132 g/mol. The fourth-order valence-electron chi connectivity index (χ4n) is 2.76. The van der Waals surface area contributed by atoms with Crippen LogP contribution >= 0.6 is 0 Å². The van der Waals surface area contributed by atoms with Gasteiger partial charge in [0, 0.05) is 0 Å². The van der Waals surface area contributed by atoms with Crippen molar-refractivity contribution in [1.29, 1.82) is 0 Å². The van der Waals surface area contributed by atoms with Crippen molar-refractivity contribution in [2.45, 2.75) is 47.5 Å². The van der Waals surface area contributed by atoms with Gasteiger partial charge in [0.25, 0.3) is 0 Å². The number of hydrogen-bond donors (Lipinski definition) is 0. The highest BCUT2D eigenvalue weighted by Crippen LogP contribution is 2.67. The van der Waals surface area contributed by atoms with Gasteiger partial charge in [-0.15, -0.1) is 0 Å². The van der Waals surface area contributed by atoms with E-state index in [1.54, 1.807) is 0 Å². The lowest BCUT2D eigenvalue weighted by molar-refractivity contribution is 0.395. The van der Waals surface area contributed by atoms with Crippen molar-refractivity contribution in [2.75, 3.05) is 0 Å². The van der Waals surface area contributed by atoms with Crippen molar-refractivity contribution in [3.05, 3.63) is 0 Å². The summed E-state index contributed by atoms with van der Waals surface area (Å²) in [5.74, 6) is 3.24. The summed E-state index contributed by atoms with van der Waals surface area (Å²) in [5, 5.41) is 0. The summed E-state index contributed by atoms with van der Waals surface area (Å²) >= 11 is 0. The molecule has 0 aromatic carbocycles. The highest BCUT2D eigenvalue weighted by Gasteiger charge is 2.60. The molecule has 0 saturated heterocycles. The molecule has 0 amide bonds. The normalized spacial score (nSPS) is 43.9. The molecule has 2 fully saturated rings. The molecule has 0 spiro atoms. The van der Waals surface area contributed by atoms with Crippen molar-refractivity contribution >= 4 is 0 Å². The fraction of sp³-hybridized carbons (Fsp3) is 1.00. The van der Waals surface area contributed by atoms with Crippen LogP contribution in [0.2, 0.25) is 0 Å². The van der Waals surface area contributed by atoms with Gasteiger partial charge < -0.3 is 0 Å². The minimum absolute atomic E-state index is 0.743. The monoisotopic (exact) mass is 154 g/mol. The van der Waals surface area contributed by atoms with Gasteiger partial charge in [0.05, 0.1) is 0 Å². The second kappa shape index (κ2) is 2.80. The Morgan fingerprint density at radius 2 is 1.36 bits per heavy atom. The average Bonchev–Trinajstić information content (AvgIpc) is 2.34. The van der Waals surface area contributed by atoms with E-state index >= 15 is 0 Å². The zero-order valence-corrected chi connectivity index (χ0v) is 8.65. The molecule has 0 bridgehead atoms. The maximum atomic E-state index is 2.42. The first-order valence-electron chi connectivity index (χ1n) is 5.12. The largest absolute Gasteiger partial charge is 0.0683 e. The van der Waals surface area contributed by atoms with Crippen LogP contribution in [0.1, 0.15) is 47.5 Å². The maximum Gasteiger partial charge on any atom is -0.0292 e. The minimum Gasteiger partial charge on any atom is -0.0683 e. The van der Waals surface area contributed by atoms with E-state index in [9.17, 15) is 0 Å². The lowest BCUT2D eigenvalue weighted by atomic mass is 9.95. The van der Waals surface area contributed by atoms with E-state index in [0.29, 0.717) is 0 Å². The highest BCUT2D eigenvalue weighted by molar-refractivity contribution is 5.09. The van der Waals surface area contributed by atoms with Gasteiger partial charge >= 0.3 is 0 Å². The molecule has 0 heterocycles. The van der Waals surface area contributed by atoms with E-state index in [-0.39, 0.29) is 0 Å². The van der Waals surface area contributed by atoms with Gasteiger partial charge in [0.2, 0.25) is 0 Å². The van der Waals surface area contributed by atoms with Gasteiger partial charge in [0.1, 0.15) is 0 Å². The summed E-state index contributed by atoms with van der Waals surface area (Å²) in [4.78, 5) is 0. The molecule has 2 unspecified atom stereocenters. The summed E-state index contributed by atoms with van der Waals surface area (Å²) in [6.07, 6.45) is 3.02. The standard InChI is InChI=1S/C9H16.C2H6/c1-6-4-7-8(5-6)9(7,2)3;1-2/h6-8H,4-5H2,1-3H3;1-2H3. The van der Waals surface area contributed by atoms with Gasteiger partial charge in [-0.25, -0.2) is 0 Å².